The Morgan fingerprint density at radius 3 is 2.73 bits per heavy atom. The Balaban J connectivity index is 2.06. The molecule has 1 aliphatic rings. The Hall–Kier alpha value is -0.220. The Bertz CT molecular complexity index is 134. The minimum absolute atomic E-state index is 0.0677. The molecule has 1 rings (SSSR count). The Kier molecular flexibility index (Phi) is 3.72. The standard InChI is InChI=1S/C7H14N2OS/c8-9-7(10)5-11-6-3-1-2-4-6/h6H,1-5,8H2,(H,9,10). The SMILES string of the molecule is NNC(=O)CSC1CCCC1. The van der Waals surface area contributed by atoms with E-state index in [0.717, 1.165) is 0 Å². The van der Waals surface area contributed by atoms with Gasteiger partial charge >= 0.3 is 0 Å². The van der Waals surface area contributed by atoms with Gasteiger partial charge in [-0.1, -0.05) is 12.8 Å². The van der Waals surface area contributed by atoms with Crippen molar-refractivity contribution < 1.29 is 4.79 Å². The summed E-state index contributed by atoms with van der Waals surface area (Å²) in [4.78, 5) is 10.7. The van der Waals surface area contributed by atoms with Crippen LogP contribution in [-0.4, -0.2) is 16.9 Å². The molecule has 1 aliphatic carbocycles. The normalized spacial score (nSPS) is 18.6. The number of nitrogens with two attached hydrogens (primary N) is 1. The lowest BCUT2D eigenvalue weighted by atomic mass is 10.4. The highest BCUT2D eigenvalue weighted by atomic mass is 32.2. The highest BCUT2D eigenvalue weighted by Gasteiger charge is 2.15. The molecule has 0 aromatic carbocycles. The third kappa shape index (κ3) is 3.12. The van der Waals surface area contributed by atoms with Crippen LogP contribution in [0.1, 0.15) is 25.7 Å². The first-order valence-corrected chi connectivity index (χ1v) is 4.99. The first-order valence-electron chi connectivity index (χ1n) is 3.94. The summed E-state index contributed by atoms with van der Waals surface area (Å²) in [6, 6.07) is 0. The lowest BCUT2D eigenvalue weighted by Crippen LogP contribution is -2.32. The summed E-state index contributed by atoms with van der Waals surface area (Å²) < 4.78 is 0. The smallest absolute Gasteiger partial charge is 0.243 e. The van der Waals surface area contributed by atoms with Gasteiger partial charge in [0.15, 0.2) is 0 Å². The van der Waals surface area contributed by atoms with Gasteiger partial charge in [0, 0.05) is 5.25 Å². The first kappa shape index (κ1) is 8.87. The number of carbonyl (C=O) groups excluding carboxylic acids is 1. The lowest BCUT2D eigenvalue weighted by Gasteiger charge is -2.06. The molecular weight excluding hydrogens is 160 g/mol. The fraction of sp³-hybridized carbons (Fsp3) is 0.857. The molecular formula is C7H14N2OS. The number of hydrogen-bond donors (Lipinski definition) is 2. The van der Waals surface area contributed by atoms with E-state index in [1.807, 2.05) is 0 Å². The number of hydrazine groups is 1. The van der Waals surface area contributed by atoms with Crippen LogP contribution in [0.2, 0.25) is 0 Å². The minimum atomic E-state index is -0.0677. The van der Waals surface area contributed by atoms with Crippen LogP contribution < -0.4 is 11.3 Å². The van der Waals surface area contributed by atoms with Gasteiger partial charge in [-0.2, -0.15) is 0 Å². The Morgan fingerprint density at radius 1 is 1.55 bits per heavy atom. The van der Waals surface area contributed by atoms with Crippen LogP contribution in [0.4, 0.5) is 0 Å². The van der Waals surface area contributed by atoms with E-state index in [9.17, 15) is 4.79 Å². The van der Waals surface area contributed by atoms with Crippen LogP contribution in [0.5, 0.6) is 0 Å². The number of rotatable bonds is 3. The number of amides is 1. The van der Waals surface area contributed by atoms with Gasteiger partial charge in [-0.3, -0.25) is 10.2 Å². The Labute approximate surface area is 71.1 Å². The van der Waals surface area contributed by atoms with Gasteiger partial charge in [0.25, 0.3) is 0 Å². The topological polar surface area (TPSA) is 55.1 Å². The summed E-state index contributed by atoms with van der Waals surface area (Å²) in [6.07, 6.45) is 5.18. The minimum Gasteiger partial charge on any atom is -0.294 e. The monoisotopic (exact) mass is 174 g/mol. The van der Waals surface area contributed by atoms with E-state index >= 15 is 0 Å². The van der Waals surface area contributed by atoms with Crippen molar-refractivity contribution in [2.24, 2.45) is 5.84 Å². The van der Waals surface area contributed by atoms with Gasteiger partial charge in [-0.15, -0.1) is 11.8 Å². The second-order valence-corrected chi connectivity index (χ2v) is 4.07. The van der Waals surface area contributed by atoms with Crippen LogP contribution in [0.25, 0.3) is 0 Å². The number of thioether (sulfide) groups is 1. The molecule has 4 heteroatoms. The quantitative estimate of drug-likeness (QED) is 0.375. The highest BCUT2D eigenvalue weighted by Crippen LogP contribution is 2.28. The lowest BCUT2D eigenvalue weighted by molar-refractivity contribution is -0.118. The molecule has 64 valence electrons. The average Bonchev–Trinajstić information content (AvgIpc) is 2.52. The molecule has 1 fully saturated rings. The van der Waals surface area contributed by atoms with E-state index in [-0.39, 0.29) is 5.91 Å². The zero-order chi connectivity index (χ0) is 8.10. The first-order chi connectivity index (χ1) is 5.33. The molecule has 1 saturated carbocycles. The van der Waals surface area contributed by atoms with Crippen molar-refractivity contribution in [3.05, 3.63) is 0 Å². The van der Waals surface area contributed by atoms with Crippen molar-refractivity contribution in [2.75, 3.05) is 5.75 Å². The second kappa shape index (κ2) is 4.62. The molecule has 0 aliphatic heterocycles. The predicted molar refractivity (Wildman–Crippen MR) is 47.0 cm³/mol. The summed E-state index contributed by atoms with van der Waals surface area (Å²) in [5, 5.41) is 0.701. The summed E-state index contributed by atoms with van der Waals surface area (Å²) in [5.41, 5.74) is 2.13. The van der Waals surface area contributed by atoms with E-state index in [2.05, 4.69) is 5.43 Å². The zero-order valence-corrected chi connectivity index (χ0v) is 7.32. The van der Waals surface area contributed by atoms with Crippen LogP contribution in [-0.2, 0) is 4.79 Å². The Morgan fingerprint density at radius 2 is 2.18 bits per heavy atom. The molecule has 11 heavy (non-hydrogen) atoms. The maximum atomic E-state index is 10.7. The van der Waals surface area contributed by atoms with Crippen molar-refractivity contribution in [3.63, 3.8) is 0 Å². The van der Waals surface area contributed by atoms with Gasteiger partial charge in [-0.25, -0.2) is 5.84 Å². The van der Waals surface area contributed by atoms with E-state index in [4.69, 9.17) is 5.84 Å². The molecule has 0 aromatic rings. The highest BCUT2D eigenvalue weighted by molar-refractivity contribution is 8.00. The van der Waals surface area contributed by atoms with Crippen LogP contribution in [0, 0.1) is 0 Å². The fourth-order valence-electron chi connectivity index (χ4n) is 1.29. The third-order valence-corrected chi connectivity index (χ3v) is 3.28. The van der Waals surface area contributed by atoms with Gasteiger partial charge in [0.2, 0.25) is 5.91 Å². The second-order valence-electron chi connectivity index (χ2n) is 2.78. The van der Waals surface area contributed by atoms with E-state index in [1.165, 1.54) is 25.7 Å². The predicted octanol–water partition coefficient (Wildman–Crippen LogP) is 0.652. The van der Waals surface area contributed by atoms with Gasteiger partial charge in [-0.05, 0) is 12.8 Å². The van der Waals surface area contributed by atoms with Crippen molar-refractivity contribution >= 4 is 17.7 Å². The molecule has 0 saturated heterocycles. The van der Waals surface area contributed by atoms with E-state index in [1.54, 1.807) is 11.8 Å². The number of carbonyl (C=O) groups is 1. The average molecular weight is 174 g/mol. The fourth-order valence-corrected chi connectivity index (χ4v) is 2.43. The van der Waals surface area contributed by atoms with Crippen LogP contribution in [0.15, 0.2) is 0 Å². The molecule has 0 unspecified atom stereocenters. The summed E-state index contributed by atoms with van der Waals surface area (Å²) in [7, 11) is 0. The molecule has 3 N–H and O–H groups in total. The van der Waals surface area contributed by atoms with Crippen LogP contribution >= 0.6 is 11.8 Å². The molecule has 0 atom stereocenters. The zero-order valence-electron chi connectivity index (χ0n) is 6.51. The van der Waals surface area contributed by atoms with Gasteiger partial charge < -0.3 is 0 Å². The van der Waals surface area contributed by atoms with Crippen molar-refractivity contribution in [1.29, 1.82) is 0 Å². The largest absolute Gasteiger partial charge is 0.294 e. The molecule has 0 radical (unpaired) electrons. The third-order valence-electron chi connectivity index (χ3n) is 1.91. The van der Waals surface area contributed by atoms with E-state index < -0.39 is 0 Å². The summed E-state index contributed by atoms with van der Waals surface area (Å²) in [6.45, 7) is 0. The van der Waals surface area contributed by atoms with Crippen molar-refractivity contribution in [3.8, 4) is 0 Å². The van der Waals surface area contributed by atoms with Crippen LogP contribution in [0.3, 0.4) is 0 Å². The maximum Gasteiger partial charge on any atom is 0.243 e. The number of nitrogens with one attached hydrogen (secondary N) is 1. The van der Waals surface area contributed by atoms with Gasteiger partial charge in [0.1, 0.15) is 0 Å². The molecule has 0 bridgehead atoms. The van der Waals surface area contributed by atoms with Crippen molar-refractivity contribution in [1.82, 2.24) is 5.43 Å². The molecule has 0 heterocycles. The van der Waals surface area contributed by atoms with E-state index in [0.29, 0.717) is 11.0 Å². The molecule has 0 aromatic heterocycles. The molecule has 1 amide bonds. The maximum absolute atomic E-state index is 10.7. The summed E-state index contributed by atoms with van der Waals surface area (Å²) >= 11 is 1.72. The van der Waals surface area contributed by atoms with Gasteiger partial charge in [0.05, 0.1) is 5.75 Å². The number of hydrogen-bond acceptors (Lipinski definition) is 3. The molecule has 0 spiro atoms. The molecule has 3 nitrogen and oxygen atoms in total. The summed E-state index contributed by atoms with van der Waals surface area (Å²) in [5.74, 6) is 5.39. The van der Waals surface area contributed by atoms with Crippen molar-refractivity contribution in [2.45, 2.75) is 30.9 Å².